The van der Waals surface area contributed by atoms with Gasteiger partial charge in [0.15, 0.2) is 11.5 Å². The van der Waals surface area contributed by atoms with Crippen molar-refractivity contribution in [3.63, 3.8) is 0 Å². The van der Waals surface area contributed by atoms with E-state index in [0.717, 1.165) is 5.56 Å². The lowest BCUT2D eigenvalue weighted by Gasteiger charge is -2.14. The van der Waals surface area contributed by atoms with Crippen LogP contribution >= 0.6 is 0 Å². The third-order valence-corrected chi connectivity index (χ3v) is 3.42. The van der Waals surface area contributed by atoms with E-state index in [9.17, 15) is 9.59 Å². The van der Waals surface area contributed by atoms with Gasteiger partial charge >= 0.3 is 0 Å². The van der Waals surface area contributed by atoms with Crippen molar-refractivity contribution < 1.29 is 19.1 Å². The van der Waals surface area contributed by atoms with Crippen molar-refractivity contribution in [3.8, 4) is 11.5 Å². The molecule has 0 fully saturated rings. The van der Waals surface area contributed by atoms with Crippen LogP contribution in [0.15, 0.2) is 36.4 Å². The molecule has 0 heterocycles. The number of ether oxygens (including phenoxy) is 2. The Morgan fingerprint density at radius 2 is 1.62 bits per heavy atom. The summed E-state index contributed by atoms with van der Waals surface area (Å²) in [6.07, 6.45) is 0. The Bertz CT molecular complexity index is 772. The first kappa shape index (κ1) is 17.3. The van der Waals surface area contributed by atoms with Crippen molar-refractivity contribution in [2.75, 3.05) is 24.9 Å². The monoisotopic (exact) mass is 328 g/mol. The maximum atomic E-state index is 12.5. The minimum absolute atomic E-state index is 0.191. The summed E-state index contributed by atoms with van der Waals surface area (Å²) >= 11 is 0. The van der Waals surface area contributed by atoms with Crippen LogP contribution in [0.4, 0.5) is 11.4 Å². The van der Waals surface area contributed by atoms with Crippen molar-refractivity contribution >= 4 is 23.2 Å². The molecule has 0 unspecified atom stereocenters. The lowest BCUT2D eigenvalue weighted by Crippen LogP contribution is -2.14. The smallest absolute Gasteiger partial charge is 0.255 e. The topological polar surface area (TPSA) is 76.7 Å². The van der Waals surface area contributed by atoms with E-state index < -0.39 is 0 Å². The highest BCUT2D eigenvalue weighted by Crippen LogP contribution is 2.33. The fourth-order valence-corrected chi connectivity index (χ4v) is 2.25. The van der Waals surface area contributed by atoms with Gasteiger partial charge in [-0.1, -0.05) is 6.07 Å². The van der Waals surface area contributed by atoms with Gasteiger partial charge in [-0.2, -0.15) is 0 Å². The van der Waals surface area contributed by atoms with Crippen molar-refractivity contribution in [2.24, 2.45) is 0 Å². The van der Waals surface area contributed by atoms with Crippen molar-refractivity contribution in [2.45, 2.75) is 13.8 Å². The quantitative estimate of drug-likeness (QED) is 0.883. The number of hydrogen-bond donors (Lipinski definition) is 2. The molecular weight excluding hydrogens is 308 g/mol. The Hall–Kier alpha value is -3.02. The van der Waals surface area contributed by atoms with Gasteiger partial charge in [0, 0.05) is 29.9 Å². The summed E-state index contributed by atoms with van der Waals surface area (Å²) in [7, 11) is 3.10. The van der Waals surface area contributed by atoms with Gasteiger partial charge in [0.05, 0.1) is 14.2 Å². The van der Waals surface area contributed by atoms with Gasteiger partial charge in [0.25, 0.3) is 5.91 Å². The number of nitrogens with one attached hydrogen (secondary N) is 2. The SMILES string of the molecule is COc1cc(C)c(NC(=O)c2cccc(NC(C)=O)c2)cc1OC. The molecule has 0 bridgehead atoms. The third kappa shape index (κ3) is 4.04. The molecule has 2 aromatic rings. The summed E-state index contributed by atoms with van der Waals surface area (Å²) in [6, 6.07) is 10.2. The Balaban J connectivity index is 2.25. The van der Waals surface area contributed by atoms with Crippen LogP contribution in [-0.4, -0.2) is 26.0 Å². The second kappa shape index (κ2) is 7.50. The fourth-order valence-electron chi connectivity index (χ4n) is 2.25. The third-order valence-electron chi connectivity index (χ3n) is 3.42. The zero-order chi connectivity index (χ0) is 17.7. The summed E-state index contributed by atoms with van der Waals surface area (Å²) in [6.45, 7) is 3.28. The van der Waals surface area contributed by atoms with Crippen molar-refractivity contribution in [1.29, 1.82) is 0 Å². The largest absolute Gasteiger partial charge is 0.493 e. The molecule has 0 saturated heterocycles. The number of rotatable bonds is 5. The number of amides is 2. The standard InChI is InChI=1S/C18H20N2O4/c1-11-8-16(23-3)17(24-4)10-15(11)20-18(22)13-6-5-7-14(9-13)19-12(2)21/h5-10H,1-4H3,(H,19,21)(H,20,22). The van der Waals surface area contributed by atoms with Gasteiger partial charge in [-0.15, -0.1) is 0 Å². The molecule has 2 rings (SSSR count). The van der Waals surface area contributed by atoms with E-state index in [-0.39, 0.29) is 11.8 Å². The molecule has 0 atom stereocenters. The van der Waals surface area contributed by atoms with Crippen molar-refractivity contribution in [3.05, 3.63) is 47.5 Å². The van der Waals surface area contributed by atoms with Crippen LogP contribution in [0.2, 0.25) is 0 Å². The predicted octanol–water partition coefficient (Wildman–Crippen LogP) is 3.22. The number of hydrogen-bond acceptors (Lipinski definition) is 4. The molecule has 0 aliphatic carbocycles. The minimum atomic E-state index is -0.280. The van der Waals surface area contributed by atoms with E-state index >= 15 is 0 Å². The van der Waals surface area contributed by atoms with Crippen molar-refractivity contribution in [1.82, 2.24) is 0 Å². The lowest BCUT2D eigenvalue weighted by molar-refractivity contribution is -0.114. The van der Waals surface area contributed by atoms with Gasteiger partial charge in [0.1, 0.15) is 0 Å². The van der Waals surface area contributed by atoms with Crippen LogP contribution in [0.3, 0.4) is 0 Å². The first-order valence-electron chi connectivity index (χ1n) is 7.36. The van der Waals surface area contributed by atoms with Gasteiger partial charge in [-0.05, 0) is 36.8 Å². The average Bonchev–Trinajstić information content (AvgIpc) is 2.55. The summed E-state index contributed by atoms with van der Waals surface area (Å²) in [5.41, 5.74) is 2.48. The van der Waals surface area contributed by atoms with E-state index in [1.54, 1.807) is 43.5 Å². The number of methoxy groups -OCH3 is 2. The van der Waals surface area contributed by atoms with Gasteiger partial charge in [0.2, 0.25) is 5.91 Å². The number of benzene rings is 2. The van der Waals surface area contributed by atoms with E-state index in [2.05, 4.69) is 10.6 Å². The lowest BCUT2D eigenvalue weighted by atomic mass is 10.1. The number of carbonyl (C=O) groups is 2. The molecule has 6 heteroatoms. The number of carbonyl (C=O) groups excluding carboxylic acids is 2. The maximum Gasteiger partial charge on any atom is 0.255 e. The molecule has 0 spiro atoms. The highest BCUT2D eigenvalue weighted by molar-refractivity contribution is 6.05. The van der Waals surface area contributed by atoms with Gasteiger partial charge in [-0.25, -0.2) is 0 Å². The second-order valence-corrected chi connectivity index (χ2v) is 5.24. The van der Waals surface area contributed by atoms with E-state index in [1.165, 1.54) is 14.0 Å². The Labute approximate surface area is 140 Å². The molecule has 24 heavy (non-hydrogen) atoms. The number of aryl methyl sites for hydroxylation is 1. The molecule has 0 radical (unpaired) electrons. The predicted molar refractivity (Wildman–Crippen MR) is 93.0 cm³/mol. The number of anilines is 2. The molecule has 0 aliphatic rings. The molecule has 2 amide bonds. The maximum absolute atomic E-state index is 12.5. The van der Waals surface area contributed by atoms with Crippen LogP contribution in [0.1, 0.15) is 22.8 Å². The summed E-state index contributed by atoms with van der Waals surface area (Å²) in [5.74, 6) is 0.659. The first-order valence-corrected chi connectivity index (χ1v) is 7.36. The van der Waals surface area contributed by atoms with Gasteiger partial charge in [-0.3, -0.25) is 9.59 Å². The summed E-state index contributed by atoms with van der Waals surface area (Å²) in [5, 5.41) is 5.50. The van der Waals surface area contributed by atoms with Crippen LogP contribution in [0.5, 0.6) is 11.5 Å². The molecule has 2 aromatic carbocycles. The zero-order valence-corrected chi connectivity index (χ0v) is 14.1. The first-order chi connectivity index (χ1) is 11.4. The highest BCUT2D eigenvalue weighted by Gasteiger charge is 2.12. The van der Waals surface area contributed by atoms with E-state index in [4.69, 9.17) is 9.47 Å². The molecular formula is C18H20N2O4. The summed E-state index contributed by atoms with van der Waals surface area (Å²) in [4.78, 5) is 23.6. The average molecular weight is 328 g/mol. The second-order valence-electron chi connectivity index (χ2n) is 5.24. The normalized spacial score (nSPS) is 10.0. The Morgan fingerprint density at radius 3 is 2.25 bits per heavy atom. The van der Waals surface area contributed by atoms with Crippen LogP contribution in [0.25, 0.3) is 0 Å². The molecule has 0 aromatic heterocycles. The Morgan fingerprint density at radius 1 is 0.958 bits per heavy atom. The van der Waals surface area contributed by atoms with Gasteiger partial charge < -0.3 is 20.1 Å². The molecule has 0 aliphatic heterocycles. The summed E-state index contributed by atoms with van der Waals surface area (Å²) < 4.78 is 10.5. The van der Waals surface area contributed by atoms with E-state index in [1.807, 2.05) is 6.92 Å². The zero-order valence-electron chi connectivity index (χ0n) is 14.1. The highest BCUT2D eigenvalue weighted by atomic mass is 16.5. The molecule has 2 N–H and O–H groups in total. The Kier molecular flexibility index (Phi) is 5.42. The van der Waals surface area contributed by atoms with Crippen LogP contribution < -0.4 is 20.1 Å². The minimum Gasteiger partial charge on any atom is -0.493 e. The molecule has 0 saturated carbocycles. The molecule has 6 nitrogen and oxygen atoms in total. The van der Waals surface area contributed by atoms with Crippen LogP contribution in [-0.2, 0) is 4.79 Å². The van der Waals surface area contributed by atoms with E-state index in [0.29, 0.717) is 28.4 Å². The fraction of sp³-hybridized carbons (Fsp3) is 0.222. The van der Waals surface area contributed by atoms with Crippen LogP contribution in [0, 0.1) is 6.92 Å². The molecule has 126 valence electrons.